The molecule has 1 aliphatic rings. The molecule has 0 aliphatic heterocycles. The first kappa shape index (κ1) is 27.2. The highest BCUT2D eigenvalue weighted by molar-refractivity contribution is 6.01. The molecule has 1 aromatic heterocycles. The van der Waals surface area contributed by atoms with Gasteiger partial charge < -0.3 is 15.2 Å². The van der Waals surface area contributed by atoms with Crippen molar-refractivity contribution in [2.24, 2.45) is 0 Å². The predicted octanol–water partition coefficient (Wildman–Crippen LogP) is 4.93. The second kappa shape index (κ2) is 12.2. The number of amides is 2. The number of phenols is 1. The third kappa shape index (κ3) is 5.78. The van der Waals surface area contributed by atoms with Crippen LogP contribution in [0.5, 0.6) is 11.5 Å². The number of phenolic OH excluding ortho intramolecular Hbond substituents is 1. The van der Waals surface area contributed by atoms with Gasteiger partial charge in [0.2, 0.25) is 11.8 Å². The highest BCUT2D eigenvalue weighted by Crippen LogP contribution is 2.35. The van der Waals surface area contributed by atoms with Crippen molar-refractivity contribution >= 4 is 28.5 Å². The molecule has 2 amide bonds. The number of ether oxygens (including phenoxy) is 1. The van der Waals surface area contributed by atoms with Crippen molar-refractivity contribution in [3.05, 3.63) is 77.9 Å². The van der Waals surface area contributed by atoms with Gasteiger partial charge in [0.1, 0.15) is 18.1 Å². The van der Waals surface area contributed by atoms with Gasteiger partial charge in [0.05, 0.1) is 12.6 Å². The van der Waals surface area contributed by atoms with Gasteiger partial charge in [0.15, 0.2) is 11.5 Å². The summed E-state index contributed by atoms with van der Waals surface area (Å²) in [5.41, 5.74) is 3.57. The summed E-state index contributed by atoms with van der Waals surface area (Å²) in [6, 6.07) is 18.9. The smallest absolute Gasteiger partial charge is 0.249 e. The summed E-state index contributed by atoms with van der Waals surface area (Å²) >= 11 is 0. The van der Waals surface area contributed by atoms with Crippen LogP contribution in [0.4, 0.5) is 5.69 Å². The summed E-state index contributed by atoms with van der Waals surface area (Å²) in [4.78, 5) is 29.8. The molecule has 1 atom stereocenters. The largest absolute Gasteiger partial charge is 0.504 e. The van der Waals surface area contributed by atoms with E-state index in [1.54, 1.807) is 16.8 Å². The zero-order valence-corrected chi connectivity index (χ0v) is 22.9. The molecule has 1 aliphatic carbocycles. The summed E-state index contributed by atoms with van der Waals surface area (Å²) in [5.74, 6) is -0.451. The molecule has 0 saturated heterocycles. The van der Waals surface area contributed by atoms with Gasteiger partial charge in [0.25, 0.3) is 0 Å². The molecule has 2 N–H and O–H groups in total. The minimum atomic E-state index is -1.03. The number of fused-ring (bicyclic) bond motifs is 1. The van der Waals surface area contributed by atoms with Gasteiger partial charge in [-0.15, -0.1) is 5.10 Å². The number of benzene rings is 3. The molecule has 0 radical (unpaired) electrons. The van der Waals surface area contributed by atoms with Crippen LogP contribution in [0.2, 0.25) is 0 Å². The van der Waals surface area contributed by atoms with E-state index < -0.39 is 6.04 Å². The van der Waals surface area contributed by atoms with Crippen LogP contribution in [0, 0.1) is 0 Å². The topological polar surface area (TPSA) is 110 Å². The summed E-state index contributed by atoms with van der Waals surface area (Å²) in [6.45, 7) is 1.94. The van der Waals surface area contributed by atoms with E-state index in [0.29, 0.717) is 16.8 Å². The maximum atomic E-state index is 14.2. The molecule has 40 heavy (non-hydrogen) atoms. The van der Waals surface area contributed by atoms with E-state index in [4.69, 9.17) is 4.74 Å². The molecular weight excluding hydrogens is 506 g/mol. The molecule has 1 fully saturated rings. The van der Waals surface area contributed by atoms with Gasteiger partial charge in [-0.25, -0.2) is 4.68 Å². The van der Waals surface area contributed by atoms with Crippen LogP contribution >= 0.6 is 0 Å². The Kier molecular flexibility index (Phi) is 8.28. The lowest BCUT2D eigenvalue weighted by atomic mass is 9.94. The lowest BCUT2D eigenvalue weighted by Gasteiger charge is -2.33. The maximum absolute atomic E-state index is 14.2. The summed E-state index contributed by atoms with van der Waals surface area (Å²) in [6.07, 6.45) is 5.91. The Labute approximate surface area is 233 Å². The van der Waals surface area contributed by atoms with Crippen molar-refractivity contribution in [2.45, 2.75) is 64.1 Å². The number of aromatic hydroxyl groups is 1. The lowest BCUT2D eigenvalue weighted by molar-refractivity contribution is -0.127. The van der Waals surface area contributed by atoms with Crippen molar-refractivity contribution in [2.75, 3.05) is 12.0 Å². The number of nitrogens with zero attached hydrogens (tertiary/aromatic N) is 4. The van der Waals surface area contributed by atoms with Gasteiger partial charge >= 0.3 is 0 Å². The monoisotopic (exact) mass is 541 g/mol. The van der Waals surface area contributed by atoms with Gasteiger partial charge in [-0.2, -0.15) is 0 Å². The number of hydrogen-bond donors (Lipinski definition) is 2. The van der Waals surface area contributed by atoms with Crippen molar-refractivity contribution in [3.8, 4) is 11.5 Å². The molecule has 208 valence electrons. The number of hydrogen-bond acceptors (Lipinski definition) is 6. The lowest BCUT2D eigenvalue weighted by Crippen LogP contribution is -2.48. The highest BCUT2D eigenvalue weighted by atomic mass is 16.5. The Morgan fingerprint density at radius 3 is 2.52 bits per heavy atom. The van der Waals surface area contributed by atoms with Gasteiger partial charge in [-0.3, -0.25) is 14.5 Å². The minimum absolute atomic E-state index is 0.0364. The molecule has 1 heterocycles. The van der Waals surface area contributed by atoms with Crippen molar-refractivity contribution < 1.29 is 19.4 Å². The number of aromatic nitrogens is 3. The Hall–Kier alpha value is -4.40. The first-order valence-electron chi connectivity index (χ1n) is 13.8. The molecule has 3 aromatic carbocycles. The van der Waals surface area contributed by atoms with Crippen molar-refractivity contribution in [1.82, 2.24) is 20.3 Å². The molecule has 4 aromatic rings. The van der Waals surface area contributed by atoms with Crippen LogP contribution in [0.3, 0.4) is 0 Å². The zero-order valence-electron chi connectivity index (χ0n) is 22.9. The average molecular weight is 542 g/mol. The molecule has 9 heteroatoms. The molecule has 5 rings (SSSR count). The Morgan fingerprint density at radius 1 is 1.07 bits per heavy atom. The number of carbonyl (C=O) groups is 2. The SMILES string of the molecule is CCc1ccc(N(C(=O)Cn2nnc3ccccc32)[C@@H](C(=O)NC2CCCCC2)c2ccc(OC)c(O)c2)cc1. The van der Waals surface area contributed by atoms with Crippen LogP contribution in [-0.2, 0) is 22.6 Å². The molecule has 0 spiro atoms. The van der Waals surface area contributed by atoms with Crippen molar-refractivity contribution in [3.63, 3.8) is 0 Å². The number of methoxy groups -OCH3 is 1. The van der Waals surface area contributed by atoms with Crippen LogP contribution < -0.4 is 15.0 Å². The second-order valence-corrected chi connectivity index (χ2v) is 10.2. The first-order chi connectivity index (χ1) is 19.5. The first-order valence-corrected chi connectivity index (χ1v) is 13.8. The summed E-state index contributed by atoms with van der Waals surface area (Å²) in [7, 11) is 1.47. The Bertz CT molecular complexity index is 1480. The number of rotatable bonds is 9. The minimum Gasteiger partial charge on any atom is -0.504 e. The molecule has 0 unspecified atom stereocenters. The van der Waals surface area contributed by atoms with E-state index in [1.165, 1.54) is 18.1 Å². The number of nitrogens with one attached hydrogen (secondary N) is 1. The fourth-order valence-electron chi connectivity index (χ4n) is 5.39. The van der Waals surface area contributed by atoms with Crippen LogP contribution in [0.25, 0.3) is 11.0 Å². The van der Waals surface area contributed by atoms with E-state index >= 15 is 0 Å². The van der Waals surface area contributed by atoms with Crippen LogP contribution in [-0.4, -0.2) is 45.1 Å². The standard InChI is InChI=1S/C31H35N5O4/c1-3-21-13-16-24(17-14-21)36(29(38)20-35-26-12-8-7-11-25(26)33-34-35)30(22-15-18-28(40-2)27(37)19-22)31(39)32-23-9-5-4-6-10-23/h7-8,11-19,23,30,37H,3-6,9-10,20H2,1-2H3,(H,32,39)/t30-/m1/s1. The zero-order chi connectivity index (χ0) is 28.1. The number of anilines is 1. The molecule has 9 nitrogen and oxygen atoms in total. The average Bonchev–Trinajstić information content (AvgIpc) is 3.39. The van der Waals surface area contributed by atoms with E-state index in [1.807, 2.05) is 48.5 Å². The van der Waals surface area contributed by atoms with E-state index in [9.17, 15) is 14.7 Å². The summed E-state index contributed by atoms with van der Waals surface area (Å²) in [5, 5.41) is 22.2. The second-order valence-electron chi connectivity index (χ2n) is 10.2. The number of carbonyl (C=O) groups excluding carboxylic acids is 2. The normalized spacial score (nSPS) is 14.6. The predicted molar refractivity (Wildman–Crippen MR) is 153 cm³/mol. The Morgan fingerprint density at radius 2 is 1.82 bits per heavy atom. The third-order valence-corrected chi connectivity index (χ3v) is 7.57. The van der Waals surface area contributed by atoms with Crippen molar-refractivity contribution in [1.29, 1.82) is 0 Å². The third-order valence-electron chi connectivity index (χ3n) is 7.57. The maximum Gasteiger partial charge on any atom is 0.249 e. The van der Waals surface area contributed by atoms with Crippen LogP contribution in [0.1, 0.15) is 56.2 Å². The Balaban J connectivity index is 1.58. The van der Waals surface area contributed by atoms with E-state index in [2.05, 4.69) is 22.6 Å². The van der Waals surface area contributed by atoms with Gasteiger partial charge in [-0.05, 0) is 66.8 Å². The number of aryl methyl sites for hydroxylation is 1. The van der Waals surface area contributed by atoms with Gasteiger partial charge in [0, 0.05) is 11.7 Å². The molecular formula is C31H35N5O4. The highest BCUT2D eigenvalue weighted by Gasteiger charge is 2.35. The van der Waals surface area contributed by atoms with E-state index in [-0.39, 0.29) is 35.9 Å². The molecule has 1 saturated carbocycles. The van der Waals surface area contributed by atoms with E-state index in [0.717, 1.165) is 49.6 Å². The summed E-state index contributed by atoms with van der Waals surface area (Å²) < 4.78 is 6.79. The fraction of sp³-hybridized carbons (Fsp3) is 0.355. The fourth-order valence-corrected chi connectivity index (χ4v) is 5.39. The quantitative estimate of drug-likeness (QED) is 0.311. The van der Waals surface area contributed by atoms with Crippen LogP contribution in [0.15, 0.2) is 66.7 Å². The number of para-hydroxylation sites is 1. The molecule has 0 bridgehead atoms. The van der Waals surface area contributed by atoms with Gasteiger partial charge in [-0.1, -0.05) is 61.7 Å².